The number of amides is 1. The average molecular weight is 355 g/mol. The van der Waals surface area contributed by atoms with Gasteiger partial charge in [0.2, 0.25) is 5.91 Å². The van der Waals surface area contributed by atoms with Crippen LogP contribution in [0.5, 0.6) is 5.75 Å². The zero-order chi connectivity index (χ0) is 17.9. The minimum Gasteiger partial charge on any atom is -0.491 e. The molecule has 2 fully saturated rings. The van der Waals surface area contributed by atoms with Crippen LogP contribution in [0.4, 0.5) is 10.1 Å². The highest BCUT2D eigenvalue weighted by Crippen LogP contribution is 2.48. The largest absolute Gasteiger partial charge is 0.491 e. The number of hydrogen-bond donors (Lipinski definition) is 1. The van der Waals surface area contributed by atoms with Crippen molar-refractivity contribution >= 4 is 11.6 Å². The molecule has 1 saturated carbocycles. The van der Waals surface area contributed by atoms with E-state index in [-0.39, 0.29) is 29.7 Å². The lowest BCUT2D eigenvalue weighted by atomic mass is 10.1. The summed E-state index contributed by atoms with van der Waals surface area (Å²) in [5, 5.41) is 2.92. The molecule has 1 amide bonds. The Labute approximate surface area is 152 Å². The molecule has 0 bridgehead atoms. The predicted octanol–water partition coefficient (Wildman–Crippen LogP) is 4.13. The molecule has 0 spiro atoms. The number of carbonyl (C=O) groups is 1. The Balaban J connectivity index is 1.33. The van der Waals surface area contributed by atoms with Crippen LogP contribution in [0.25, 0.3) is 0 Å². The maximum absolute atomic E-state index is 13.9. The van der Waals surface area contributed by atoms with Crippen molar-refractivity contribution in [2.45, 2.75) is 31.3 Å². The molecule has 2 aromatic carbocycles. The van der Waals surface area contributed by atoms with Gasteiger partial charge in [-0.1, -0.05) is 24.3 Å². The van der Waals surface area contributed by atoms with Crippen LogP contribution in [0, 0.1) is 11.7 Å². The van der Waals surface area contributed by atoms with E-state index in [1.54, 1.807) is 18.2 Å². The number of hydrogen-bond acceptors (Lipinski definition) is 3. The van der Waals surface area contributed by atoms with Gasteiger partial charge in [-0.3, -0.25) is 4.79 Å². The van der Waals surface area contributed by atoms with E-state index in [1.165, 1.54) is 6.07 Å². The molecule has 4 nitrogen and oxygen atoms in total. The van der Waals surface area contributed by atoms with E-state index in [0.29, 0.717) is 30.0 Å². The fourth-order valence-corrected chi connectivity index (χ4v) is 3.47. The first kappa shape index (κ1) is 17.0. The van der Waals surface area contributed by atoms with Crippen molar-refractivity contribution in [3.63, 3.8) is 0 Å². The first-order valence-corrected chi connectivity index (χ1v) is 9.10. The first-order chi connectivity index (χ1) is 12.7. The number of rotatable bonds is 6. The standard InChI is InChI=1S/C21H22FNO3/c22-20-9-2-1-8-17(20)18-12-19(18)21(24)23-14-5-3-6-15(11-14)26-13-16-7-4-10-25-16/h1-3,5-6,8-9,11,16,18-19H,4,7,10,12-13H2,(H,23,24). The predicted molar refractivity (Wildman–Crippen MR) is 96.8 cm³/mol. The third-order valence-corrected chi connectivity index (χ3v) is 4.99. The summed E-state index contributed by atoms with van der Waals surface area (Å²) in [5.41, 5.74) is 1.32. The molecule has 1 N–H and O–H groups in total. The molecule has 2 aliphatic rings. The third-order valence-electron chi connectivity index (χ3n) is 4.99. The minimum absolute atomic E-state index is 0.0323. The maximum atomic E-state index is 13.9. The molecular formula is C21H22FNO3. The van der Waals surface area contributed by atoms with E-state index < -0.39 is 0 Å². The molecule has 3 unspecified atom stereocenters. The second-order valence-electron chi connectivity index (χ2n) is 6.93. The van der Waals surface area contributed by atoms with Gasteiger partial charge in [0.15, 0.2) is 0 Å². The molecule has 1 aliphatic carbocycles. The van der Waals surface area contributed by atoms with E-state index in [4.69, 9.17) is 9.47 Å². The zero-order valence-corrected chi connectivity index (χ0v) is 14.5. The molecule has 1 saturated heterocycles. The highest BCUT2D eigenvalue weighted by atomic mass is 19.1. The smallest absolute Gasteiger partial charge is 0.228 e. The van der Waals surface area contributed by atoms with E-state index in [1.807, 2.05) is 24.3 Å². The van der Waals surface area contributed by atoms with E-state index in [9.17, 15) is 9.18 Å². The van der Waals surface area contributed by atoms with Gasteiger partial charge in [0.1, 0.15) is 18.2 Å². The normalized spacial score (nSPS) is 24.3. The van der Waals surface area contributed by atoms with Crippen LogP contribution in [-0.4, -0.2) is 25.2 Å². The summed E-state index contributed by atoms with van der Waals surface area (Å²) in [6.07, 6.45) is 2.94. The molecule has 4 rings (SSSR count). The number of nitrogens with one attached hydrogen (secondary N) is 1. The molecule has 3 atom stereocenters. The van der Waals surface area contributed by atoms with Crippen LogP contribution in [0.3, 0.4) is 0 Å². The van der Waals surface area contributed by atoms with Crippen molar-refractivity contribution in [1.82, 2.24) is 0 Å². The zero-order valence-electron chi connectivity index (χ0n) is 14.5. The Kier molecular flexibility index (Phi) is 4.89. The summed E-state index contributed by atoms with van der Waals surface area (Å²) in [4.78, 5) is 12.5. The van der Waals surface area contributed by atoms with Crippen molar-refractivity contribution in [2.24, 2.45) is 5.92 Å². The summed E-state index contributed by atoms with van der Waals surface area (Å²) in [5.74, 6) is 0.185. The van der Waals surface area contributed by atoms with Crippen LogP contribution in [0.1, 0.15) is 30.7 Å². The van der Waals surface area contributed by atoms with Crippen LogP contribution in [0.2, 0.25) is 0 Å². The monoisotopic (exact) mass is 355 g/mol. The number of anilines is 1. The summed E-state index contributed by atoms with van der Waals surface area (Å²) in [6.45, 7) is 1.32. The van der Waals surface area contributed by atoms with Crippen LogP contribution >= 0.6 is 0 Å². The van der Waals surface area contributed by atoms with Gasteiger partial charge in [-0.15, -0.1) is 0 Å². The van der Waals surface area contributed by atoms with Crippen molar-refractivity contribution in [3.8, 4) is 5.75 Å². The summed E-state index contributed by atoms with van der Waals surface area (Å²) < 4.78 is 25.2. The molecule has 1 heterocycles. The second kappa shape index (κ2) is 7.46. The molecular weight excluding hydrogens is 333 g/mol. The van der Waals surface area contributed by atoms with Crippen molar-refractivity contribution < 1.29 is 18.7 Å². The molecule has 5 heteroatoms. The lowest BCUT2D eigenvalue weighted by Gasteiger charge is -2.12. The number of halogens is 1. The van der Waals surface area contributed by atoms with Gasteiger partial charge in [0.25, 0.3) is 0 Å². The van der Waals surface area contributed by atoms with Crippen molar-refractivity contribution in [3.05, 3.63) is 59.9 Å². The lowest BCUT2D eigenvalue weighted by molar-refractivity contribution is -0.117. The second-order valence-corrected chi connectivity index (χ2v) is 6.93. The average Bonchev–Trinajstić information content (AvgIpc) is 3.27. The Morgan fingerprint density at radius 3 is 2.92 bits per heavy atom. The van der Waals surface area contributed by atoms with Gasteiger partial charge in [-0.2, -0.15) is 0 Å². The number of ether oxygens (including phenoxy) is 2. The van der Waals surface area contributed by atoms with Crippen LogP contribution in [0.15, 0.2) is 48.5 Å². The lowest BCUT2D eigenvalue weighted by Crippen LogP contribution is -2.17. The molecule has 0 radical (unpaired) electrons. The van der Waals surface area contributed by atoms with Gasteiger partial charge in [-0.05, 0) is 48.9 Å². The van der Waals surface area contributed by atoms with Crippen molar-refractivity contribution in [1.29, 1.82) is 0 Å². The van der Waals surface area contributed by atoms with Gasteiger partial charge in [-0.25, -0.2) is 4.39 Å². The summed E-state index contributed by atoms with van der Waals surface area (Å²) >= 11 is 0. The molecule has 26 heavy (non-hydrogen) atoms. The van der Waals surface area contributed by atoms with E-state index in [2.05, 4.69) is 5.32 Å². The first-order valence-electron chi connectivity index (χ1n) is 9.10. The van der Waals surface area contributed by atoms with E-state index >= 15 is 0 Å². The Hall–Kier alpha value is -2.40. The minimum atomic E-state index is -0.239. The summed E-state index contributed by atoms with van der Waals surface area (Å²) in [6, 6.07) is 14.0. The van der Waals surface area contributed by atoms with E-state index in [0.717, 1.165) is 19.4 Å². The summed E-state index contributed by atoms with van der Waals surface area (Å²) in [7, 11) is 0. The number of benzene rings is 2. The molecule has 1 aliphatic heterocycles. The Morgan fingerprint density at radius 2 is 2.12 bits per heavy atom. The fraction of sp³-hybridized carbons (Fsp3) is 0.381. The Bertz CT molecular complexity index is 788. The quantitative estimate of drug-likeness (QED) is 0.848. The van der Waals surface area contributed by atoms with Gasteiger partial charge < -0.3 is 14.8 Å². The van der Waals surface area contributed by atoms with Crippen LogP contribution < -0.4 is 10.1 Å². The molecule has 136 valence electrons. The highest BCUT2D eigenvalue weighted by molar-refractivity contribution is 5.95. The van der Waals surface area contributed by atoms with Crippen LogP contribution in [-0.2, 0) is 9.53 Å². The molecule has 2 aromatic rings. The maximum Gasteiger partial charge on any atom is 0.228 e. The van der Waals surface area contributed by atoms with Gasteiger partial charge >= 0.3 is 0 Å². The molecule has 0 aromatic heterocycles. The topological polar surface area (TPSA) is 47.6 Å². The van der Waals surface area contributed by atoms with Gasteiger partial charge in [0, 0.05) is 24.3 Å². The SMILES string of the molecule is O=C(Nc1cccc(OCC2CCCO2)c1)C1CC1c1ccccc1F. The van der Waals surface area contributed by atoms with Crippen molar-refractivity contribution in [2.75, 3.05) is 18.5 Å². The van der Waals surface area contributed by atoms with Gasteiger partial charge in [0.05, 0.1) is 6.10 Å². The highest BCUT2D eigenvalue weighted by Gasteiger charge is 2.45. The third kappa shape index (κ3) is 3.88. The Morgan fingerprint density at radius 1 is 1.23 bits per heavy atom. The fourth-order valence-electron chi connectivity index (χ4n) is 3.47. The number of carbonyl (C=O) groups excluding carboxylic acids is 1.